The van der Waals surface area contributed by atoms with Gasteiger partial charge in [0.2, 0.25) is 5.91 Å². The van der Waals surface area contributed by atoms with Crippen LogP contribution in [0.3, 0.4) is 0 Å². The minimum absolute atomic E-state index is 0.156. The fourth-order valence-corrected chi connectivity index (χ4v) is 3.27. The molecule has 1 aromatic heterocycles. The maximum absolute atomic E-state index is 12.7. The Morgan fingerprint density at radius 1 is 1.38 bits per heavy atom. The van der Waals surface area contributed by atoms with Crippen molar-refractivity contribution in [3.63, 3.8) is 0 Å². The molecule has 2 heterocycles. The summed E-state index contributed by atoms with van der Waals surface area (Å²) in [5.74, 6) is 1.72. The first-order valence-electron chi connectivity index (χ1n) is 9.48. The van der Waals surface area contributed by atoms with Gasteiger partial charge in [-0.2, -0.15) is 0 Å². The van der Waals surface area contributed by atoms with Crippen molar-refractivity contribution in [2.24, 2.45) is 5.92 Å². The zero-order valence-corrected chi connectivity index (χ0v) is 15.7. The summed E-state index contributed by atoms with van der Waals surface area (Å²) < 4.78 is 8.30. The lowest BCUT2D eigenvalue weighted by Gasteiger charge is -2.40. The van der Waals surface area contributed by atoms with Gasteiger partial charge in [-0.15, -0.1) is 0 Å². The summed E-state index contributed by atoms with van der Waals surface area (Å²) in [5.41, 5.74) is 0. The molecule has 1 amide bonds. The minimum Gasteiger partial charge on any atom is -0.371 e. The number of carbonyl (C=O) groups is 1. The van der Waals surface area contributed by atoms with Gasteiger partial charge in [-0.25, -0.2) is 4.98 Å². The van der Waals surface area contributed by atoms with Crippen molar-refractivity contribution in [1.82, 2.24) is 14.5 Å². The van der Waals surface area contributed by atoms with Crippen LogP contribution in [0.5, 0.6) is 0 Å². The van der Waals surface area contributed by atoms with Gasteiger partial charge in [-0.1, -0.05) is 40.5 Å². The van der Waals surface area contributed by atoms with Crippen molar-refractivity contribution in [3.05, 3.63) is 18.2 Å². The van der Waals surface area contributed by atoms with Gasteiger partial charge < -0.3 is 14.2 Å². The largest absolute Gasteiger partial charge is 0.371 e. The lowest BCUT2D eigenvalue weighted by Crippen LogP contribution is -2.51. The molecule has 2 rings (SSSR count). The van der Waals surface area contributed by atoms with Crippen LogP contribution in [0.15, 0.2) is 12.4 Å². The molecule has 0 N–H and O–H groups in total. The van der Waals surface area contributed by atoms with Crippen LogP contribution in [0.1, 0.15) is 59.2 Å². The standard InChI is InChI=1S/C19H33N3O2/c1-5-7-8-16-13-22(14-17(24-16)15(3)4)19(23)9-11-21-12-10-20-18(21)6-2/h10,12,15-17H,5-9,11,13-14H2,1-4H3/t16-,17-/m1/s1. The lowest BCUT2D eigenvalue weighted by molar-refractivity contribution is -0.150. The highest BCUT2D eigenvalue weighted by Gasteiger charge is 2.31. The summed E-state index contributed by atoms with van der Waals surface area (Å²) in [6, 6.07) is 0. The van der Waals surface area contributed by atoms with Crippen LogP contribution in [0, 0.1) is 5.92 Å². The zero-order chi connectivity index (χ0) is 17.5. The maximum Gasteiger partial charge on any atom is 0.224 e. The van der Waals surface area contributed by atoms with Crippen LogP contribution >= 0.6 is 0 Å². The first-order valence-corrected chi connectivity index (χ1v) is 9.48. The maximum atomic E-state index is 12.7. The Labute approximate surface area is 146 Å². The fourth-order valence-electron chi connectivity index (χ4n) is 3.27. The molecule has 24 heavy (non-hydrogen) atoms. The van der Waals surface area contributed by atoms with Gasteiger partial charge in [-0.3, -0.25) is 4.79 Å². The van der Waals surface area contributed by atoms with E-state index in [9.17, 15) is 4.79 Å². The van der Waals surface area contributed by atoms with E-state index in [1.165, 1.54) is 6.42 Å². The molecule has 0 aromatic carbocycles. The van der Waals surface area contributed by atoms with Crippen molar-refractivity contribution >= 4 is 5.91 Å². The van der Waals surface area contributed by atoms with Crippen LogP contribution in [0.25, 0.3) is 0 Å². The lowest BCUT2D eigenvalue weighted by atomic mass is 10.0. The SMILES string of the molecule is CCCC[C@@H]1CN(C(=O)CCn2ccnc2CC)C[C@H](C(C)C)O1. The van der Waals surface area contributed by atoms with Gasteiger partial charge in [0.25, 0.3) is 0 Å². The van der Waals surface area contributed by atoms with E-state index in [0.29, 0.717) is 18.9 Å². The molecule has 0 spiro atoms. The molecule has 136 valence electrons. The second kappa shape index (κ2) is 9.21. The number of carbonyl (C=O) groups excluding carboxylic acids is 1. The Morgan fingerprint density at radius 3 is 2.83 bits per heavy atom. The molecule has 1 fully saturated rings. The zero-order valence-electron chi connectivity index (χ0n) is 15.7. The average molecular weight is 335 g/mol. The summed E-state index contributed by atoms with van der Waals surface area (Å²) in [5, 5.41) is 0. The molecule has 1 saturated heterocycles. The van der Waals surface area contributed by atoms with E-state index in [0.717, 1.165) is 38.2 Å². The van der Waals surface area contributed by atoms with E-state index in [1.807, 2.05) is 17.3 Å². The monoisotopic (exact) mass is 335 g/mol. The Bertz CT molecular complexity index is 512. The molecule has 0 bridgehead atoms. The van der Waals surface area contributed by atoms with E-state index >= 15 is 0 Å². The fraction of sp³-hybridized carbons (Fsp3) is 0.789. The van der Waals surface area contributed by atoms with Gasteiger partial charge >= 0.3 is 0 Å². The number of ether oxygens (including phenoxy) is 1. The van der Waals surface area contributed by atoms with Gasteiger partial charge in [0, 0.05) is 44.9 Å². The number of morpholine rings is 1. The predicted octanol–water partition coefficient (Wildman–Crippen LogP) is 3.28. The number of nitrogens with zero attached hydrogens (tertiary/aromatic N) is 3. The summed E-state index contributed by atoms with van der Waals surface area (Å²) in [6.45, 7) is 10.8. The second-order valence-electron chi connectivity index (χ2n) is 7.12. The van der Waals surface area contributed by atoms with Gasteiger partial charge in [0.15, 0.2) is 0 Å². The Hall–Kier alpha value is -1.36. The normalized spacial score (nSPS) is 21.5. The third-order valence-electron chi connectivity index (χ3n) is 4.85. The number of imidazole rings is 1. The summed E-state index contributed by atoms with van der Waals surface area (Å²) in [4.78, 5) is 19.1. The Morgan fingerprint density at radius 2 is 2.17 bits per heavy atom. The first kappa shape index (κ1) is 19.0. The molecule has 1 aliphatic heterocycles. The van der Waals surface area contributed by atoms with Crippen molar-refractivity contribution in [1.29, 1.82) is 0 Å². The number of unbranched alkanes of at least 4 members (excludes halogenated alkanes) is 1. The topological polar surface area (TPSA) is 47.4 Å². The van der Waals surface area contributed by atoms with E-state index < -0.39 is 0 Å². The minimum atomic E-state index is 0.156. The molecular formula is C19H33N3O2. The van der Waals surface area contributed by atoms with E-state index in [-0.39, 0.29) is 18.1 Å². The van der Waals surface area contributed by atoms with Crippen LogP contribution in [-0.2, 0) is 22.5 Å². The van der Waals surface area contributed by atoms with Gasteiger partial charge in [0.1, 0.15) is 5.82 Å². The third-order valence-corrected chi connectivity index (χ3v) is 4.85. The van der Waals surface area contributed by atoms with E-state index in [2.05, 4.69) is 37.2 Å². The number of aromatic nitrogens is 2. The molecular weight excluding hydrogens is 302 g/mol. The Balaban J connectivity index is 1.93. The average Bonchev–Trinajstić information content (AvgIpc) is 3.05. The van der Waals surface area contributed by atoms with Gasteiger partial charge in [0.05, 0.1) is 12.2 Å². The molecule has 5 heteroatoms. The van der Waals surface area contributed by atoms with Gasteiger partial charge in [-0.05, 0) is 12.3 Å². The quantitative estimate of drug-likeness (QED) is 0.732. The Kier molecular flexibility index (Phi) is 7.28. The van der Waals surface area contributed by atoms with E-state index in [4.69, 9.17) is 4.74 Å². The van der Waals surface area contributed by atoms with Crippen molar-refractivity contribution < 1.29 is 9.53 Å². The predicted molar refractivity (Wildman–Crippen MR) is 95.8 cm³/mol. The summed E-state index contributed by atoms with van der Waals surface area (Å²) >= 11 is 0. The molecule has 5 nitrogen and oxygen atoms in total. The number of rotatable bonds is 8. The smallest absolute Gasteiger partial charge is 0.224 e. The molecule has 0 aliphatic carbocycles. The number of aryl methyl sites for hydroxylation is 2. The summed E-state index contributed by atoms with van der Waals surface area (Å²) in [7, 11) is 0. The molecule has 2 atom stereocenters. The summed E-state index contributed by atoms with van der Waals surface area (Å²) in [6.07, 6.45) is 8.93. The molecule has 0 unspecified atom stereocenters. The number of hydrogen-bond donors (Lipinski definition) is 0. The highest BCUT2D eigenvalue weighted by atomic mass is 16.5. The molecule has 0 radical (unpaired) electrons. The van der Waals surface area contributed by atoms with Crippen LogP contribution < -0.4 is 0 Å². The number of amides is 1. The van der Waals surface area contributed by atoms with E-state index in [1.54, 1.807) is 0 Å². The molecule has 1 aromatic rings. The van der Waals surface area contributed by atoms with Crippen molar-refractivity contribution in [2.45, 2.75) is 78.6 Å². The van der Waals surface area contributed by atoms with Crippen molar-refractivity contribution in [2.75, 3.05) is 13.1 Å². The first-order chi connectivity index (χ1) is 11.5. The second-order valence-corrected chi connectivity index (χ2v) is 7.12. The van der Waals surface area contributed by atoms with Crippen LogP contribution in [0.2, 0.25) is 0 Å². The van der Waals surface area contributed by atoms with Crippen LogP contribution in [0.4, 0.5) is 0 Å². The highest BCUT2D eigenvalue weighted by Crippen LogP contribution is 2.21. The number of hydrogen-bond acceptors (Lipinski definition) is 3. The van der Waals surface area contributed by atoms with Crippen molar-refractivity contribution in [3.8, 4) is 0 Å². The molecule has 1 aliphatic rings. The highest BCUT2D eigenvalue weighted by molar-refractivity contribution is 5.76. The third kappa shape index (κ3) is 5.07. The van der Waals surface area contributed by atoms with Crippen LogP contribution in [-0.4, -0.2) is 45.7 Å². The molecule has 0 saturated carbocycles.